The second kappa shape index (κ2) is 8.45. The fraction of sp³-hybridized carbons (Fsp3) is 0.130. The van der Waals surface area contributed by atoms with Crippen LogP contribution in [0.3, 0.4) is 0 Å². The Balaban J connectivity index is 1.32. The molecule has 1 aliphatic heterocycles. The van der Waals surface area contributed by atoms with Crippen LogP contribution in [0.25, 0.3) is 5.65 Å². The Labute approximate surface area is 182 Å². The SMILES string of the molecule is O=C(Nc1ccnc(C#Cc2cnc3cccnn23)c1)N1OCC[C@H]1c1cccc(F)c1. The van der Waals surface area contributed by atoms with Gasteiger partial charge in [-0.3, -0.25) is 4.84 Å². The molecule has 9 heteroatoms. The summed E-state index contributed by atoms with van der Waals surface area (Å²) >= 11 is 0. The van der Waals surface area contributed by atoms with Gasteiger partial charge in [0.2, 0.25) is 0 Å². The number of hydroxylamine groups is 2. The highest BCUT2D eigenvalue weighted by atomic mass is 19.1. The zero-order valence-electron chi connectivity index (χ0n) is 16.8. The van der Waals surface area contributed by atoms with Gasteiger partial charge in [0, 0.05) is 24.5 Å². The lowest BCUT2D eigenvalue weighted by atomic mass is 10.0. The number of hydrogen-bond acceptors (Lipinski definition) is 5. The fourth-order valence-corrected chi connectivity index (χ4v) is 3.48. The maximum absolute atomic E-state index is 13.6. The maximum atomic E-state index is 13.6. The lowest BCUT2D eigenvalue weighted by Gasteiger charge is -2.23. The van der Waals surface area contributed by atoms with Gasteiger partial charge in [-0.25, -0.2) is 23.7 Å². The van der Waals surface area contributed by atoms with Crippen LogP contribution in [0.5, 0.6) is 0 Å². The molecule has 5 rings (SSSR count). The number of pyridine rings is 1. The predicted octanol–water partition coefficient (Wildman–Crippen LogP) is 3.57. The van der Waals surface area contributed by atoms with Crippen LogP contribution in [-0.2, 0) is 4.84 Å². The molecule has 4 aromatic rings. The number of aromatic nitrogens is 4. The number of urea groups is 1. The molecular weight excluding hydrogens is 411 g/mol. The van der Waals surface area contributed by atoms with E-state index >= 15 is 0 Å². The van der Waals surface area contributed by atoms with Gasteiger partial charge in [0.25, 0.3) is 0 Å². The van der Waals surface area contributed by atoms with Gasteiger partial charge in [0.1, 0.15) is 17.2 Å². The number of benzene rings is 1. The monoisotopic (exact) mass is 428 g/mol. The first-order valence-electron chi connectivity index (χ1n) is 9.93. The molecule has 3 aromatic heterocycles. The van der Waals surface area contributed by atoms with Crippen LogP contribution >= 0.6 is 0 Å². The first-order valence-corrected chi connectivity index (χ1v) is 9.93. The summed E-state index contributed by atoms with van der Waals surface area (Å²) in [5.41, 5.74) is 2.99. The molecular formula is C23H17FN6O2. The number of hydrogen-bond donors (Lipinski definition) is 1. The minimum atomic E-state index is -0.451. The van der Waals surface area contributed by atoms with E-state index in [9.17, 15) is 9.18 Å². The number of amides is 2. The third-order valence-electron chi connectivity index (χ3n) is 4.95. The van der Waals surface area contributed by atoms with E-state index in [2.05, 4.69) is 32.2 Å². The quantitative estimate of drug-likeness (QED) is 0.494. The molecule has 1 atom stereocenters. The van der Waals surface area contributed by atoms with E-state index in [1.807, 2.05) is 6.07 Å². The van der Waals surface area contributed by atoms with Gasteiger partial charge >= 0.3 is 6.03 Å². The molecule has 0 unspecified atom stereocenters. The normalized spacial score (nSPS) is 15.4. The third kappa shape index (κ3) is 3.99. The minimum Gasteiger partial charge on any atom is -0.306 e. The number of anilines is 1. The van der Waals surface area contributed by atoms with E-state index in [1.165, 1.54) is 17.2 Å². The molecule has 1 N–H and O–H groups in total. The summed E-state index contributed by atoms with van der Waals surface area (Å²) in [6.45, 7) is 0.370. The molecule has 8 nitrogen and oxygen atoms in total. The van der Waals surface area contributed by atoms with Crippen LogP contribution in [0, 0.1) is 17.7 Å². The molecule has 1 saturated heterocycles. The Morgan fingerprint density at radius 2 is 2.06 bits per heavy atom. The summed E-state index contributed by atoms with van der Waals surface area (Å²) in [6, 6.07) is 12.3. The summed E-state index contributed by atoms with van der Waals surface area (Å²) in [7, 11) is 0. The first kappa shape index (κ1) is 19.7. The summed E-state index contributed by atoms with van der Waals surface area (Å²) in [6.07, 6.45) is 5.43. The highest BCUT2D eigenvalue weighted by Crippen LogP contribution is 2.31. The van der Waals surface area contributed by atoms with Crippen molar-refractivity contribution in [2.75, 3.05) is 11.9 Å². The Kier molecular flexibility index (Phi) is 5.19. The second-order valence-corrected chi connectivity index (χ2v) is 7.07. The van der Waals surface area contributed by atoms with Gasteiger partial charge in [0.05, 0.1) is 18.8 Å². The number of carbonyl (C=O) groups is 1. The van der Waals surface area contributed by atoms with Crippen molar-refractivity contribution >= 4 is 17.4 Å². The van der Waals surface area contributed by atoms with Crippen molar-refractivity contribution in [1.29, 1.82) is 0 Å². The van der Waals surface area contributed by atoms with Crippen molar-refractivity contribution in [3.63, 3.8) is 0 Å². The topological polar surface area (TPSA) is 84.7 Å². The average molecular weight is 428 g/mol. The van der Waals surface area contributed by atoms with E-state index in [0.717, 1.165) is 0 Å². The van der Waals surface area contributed by atoms with E-state index in [-0.39, 0.29) is 11.9 Å². The summed E-state index contributed by atoms with van der Waals surface area (Å²) in [5.74, 6) is 5.61. The fourth-order valence-electron chi connectivity index (χ4n) is 3.48. The van der Waals surface area contributed by atoms with E-state index in [0.29, 0.717) is 41.3 Å². The summed E-state index contributed by atoms with van der Waals surface area (Å²) in [4.78, 5) is 26.8. The van der Waals surface area contributed by atoms with Crippen LogP contribution in [0.4, 0.5) is 14.9 Å². The second-order valence-electron chi connectivity index (χ2n) is 7.07. The average Bonchev–Trinajstić information content (AvgIpc) is 3.46. The Morgan fingerprint density at radius 1 is 1.12 bits per heavy atom. The van der Waals surface area contributed by atoms with E-state index in [4.69, 9.17) is 4.84 Å². The number of fused-ring (bicyclic) bond motifs is 1. The Hall–Kier alpha value is -4.29. The van der Waals surface area contributed by atoms with Gasteiger partial charge in [0.15, 0.2) is 5.65 Å². The molecule has 4 heterocycles. The van der Waals surface area contributed by atoms with Gasteiger partial charge in [-0.15, -0.1) is 0 Å². The maximum Gasteiger partial charge on any atom is 0.346 e. The van der Waals surface area contributed by atoms with Gasteiger partial charge < -0.3 is 5.32 Å². The van der Waals surface area contributed by atoms with Crippen molar-refractivity contribution in [3.8, 4) is 11.8 Å². The van der Waals surface area contributed by atoms with Crippen molar-refractivity contribution < 1.29 is 14.0 Å². The van der Waals surface area contributed by atoms with Crippen molar-refractivity contribution in [2.24, 2.45) is 0 Å². The molecule has 0 aliphatic carbocycles. The molecule has 0 radical (unpaired) electrons. The van der Waals surface area contributed by atoms with Crippen LogP contribution in [0.2, 0.25) is 0 Å². The smallest absolute Gasteiger partial charge is 0.306 e. The van der Waals surface area contributed by atoms with Crippen LogP contribution < -0.4 is 5.32 Å². The molecule has 158 valence electrons. The van der Waals surface area contributed by atoms with Gasteiger partial charge in [-0.1, -0.05) is 12.1 Å². The largest absolute Gasteiger partial charge is 0.346 e. The molecule has 0 bridgehead atoms. The van der Waals surface area contributed by atoms with Crippen molar-refractivity contribution in [1.82, 2.24) is 24.6 Å². The zero-order valence-corrected chi connectivity index (χ0v) is 16.8. The molecule has 0 spiro atoms. The molecule has 1 aromatic carbocycles. The molecule has 1 aliphatic rings. The lowest BCUT2D eigenvalue weighted by Crippen LogP contribution is -2.33. The highest BCUT2D eigenvalue weighted by molar-refractivity contribution is 5.89. The van der Waals surface area contributed by atoms with E-state index in [1.54, 1.807) is 53.4 Å². The molecule has 2 amide bonds. The number of nitrogens with one attached hydrogen (secondary N) is 1. The number of rotatable bonds is 2. The molecule has 0 saturated carbocycles. The zero-order chi connectivity index (χ0) is 21.9. The summed E-state index contributed by atoms with van der Waals surface area (Å²) < 4.78 is 15.2. The standard InChI is InChI=1S/C23H17FN6O2/c24-17-4-1-3-16(13-17)21-9-12-32-30(21)23(31)28-19-8-11-25-18(14-19)6-7-20-15-26-22-5-2-10-27-29(20)22/h1-5,8,10-11,13-15,21H,9,12H2,(H,25,28,31)/t21-/m0/s1. The lowest BCUT2D eigenvalue weighted by molar-refractivity contribution is -0.0830. The van der Waals surface area contributed by atoms with Gasteiger partial charge in [-0.05, 0) is 53.8 Å². The molecule has 32 heavy (non-hydrogen) atoms. The van der Waals surface area contributed by atoms with Crippen LogP contribution in [-0.4, -0.2) is 37.3 Å². The van der Waals surface area contributed by atoms with Crippen LogP contribution in [0.1, 0.15) is 29.4 Å². The Morgan fingerprint density at radius 3 is 2.97 bits per heavy atom. The van der Waals surface area contributed by atoms with E-state index < -0.39 is 6.03 Å². The third-order valence-corrected chi connectivity index (χ3v) is 4.95. The number of halogens is 1. The Bertz CT molecular complexity index is 1360. The summed E-state index contributed by atoms with van der Waals surface area (Å²) in [5, 5.41) is 8.26. The van der Waals surface area contributed by atoms with Crippen molar-refractivity contribution in [3.05, 3.63) is 89.9 Å². The minimum absolute atomic E-state index is 0.353. The number of imidazole rings is 1. The van der Waals surface area contributed by atoms with Crippen molar-refractivity contribution in [2.45, 2.75) is 12.5 Å². The highest BCUT2D eigenvalue weighted by Gasteiger charge is 2.32. The predicted molar refractivity (Wildman–Crippen MR) is 114 cm³/mol. The van der Waals surface area contributed by atoms with Crippen LogP contribution in [0.15, 0.2) is 67.1 Å². The molecule has 1 fully saturated rings. The van der Waals surface area contributed by atoms with Gasteiger partial charge in [-0.2, -0.15) is 10.2 Å². The first-order chi connectivity index (χ1) is 15.7. The number of carbonyl (C=O) groups excluding carboxylic acids is 1. The number of nitrogens with zero attached hydrogens (tertiary/aromatic N) is 5.